The Morgan fingerprint density at radius 2 is 1.70 bits per heavy atom. The number of amides is 1. The van der Waals surface area contributed by atoms with E-state index in [0.717, 1.165) is 9.37 Å². The topological polar surface area (TPSA) is 66.8 Å². The van der Waals surface area contributed by atoms with Gasteiger partial charge in [0.1, 0.15) is 5.75 Å². The Morgan fingerprint density at radius 1 is 1.09 bits per heavy atom. The minimum Gasteiger partial charge on any atom is -0.497 e. The standard InChI is InChI=1S/C17H14BrNO4/c1-23-14-8-6-13(7-9-14)19-16(21)15(20)10-17(19,22)11-2-4-12(18)5-3-11/h2-9,22H,10H2,1H3/t17-/m1/s1. The van der Waals surface area contributed by atoms with Crippen LogP contribution in [0.25, 0.3) is 0 Å². The highest BCUT2D eigenvalue weighted by Gasteiger charge is 2.51. The average molecular weight is 376 g/mol. The molecule has 5 nitrogen and oxygen atoms in total. The second-order valence-corrected chi connectivity index (χ2v) is 6.18. The van der Waals surface area contributed by atoms with Crippen LogP contribution >= 0.6 is 15.9 Å². The molecule has 1 aliphatic rings. The molecule has 1 aliphatic heterocycles. The summed E-state index contributed by atoms with van der Waals surface area (Å²) in [5.41, 5.74) is -0.772. The third-order valence-electron chi connectivity index (χ3n) is 3.86. The lowest BCUT2D eigenvalue weighted by Gasteiger charge is -2.33. The lowest BCUT2D eigenvalue weighted by molar-refractivity contribution is -0.133. The fourth-order valence-electron chi connectivity index (χ4n) is 2.68. The van der Waals surface area contributed by atoms with Crippen molar-refractivity contribution in [1.82, 2.24) is 0 Å². The molecule has 3 rings (SSSR count). The fourth-order valence-corrected chi connectivity index (χ4v) is 2.95. The van der Waals surface area contributed by atoms with E-state index < -0.39 is 17.4 Å². The number of methoxy groups -OCH3 is 1. The zero-order valence-electron chi connectivity index (χ0n) is 12.3. The van der Waals surface area contributed by atoms with Crippen LogP contribution < -0.4 is 9.64 Å². The van der Waals surface area contributed by atoms with Crippen LogP contribution in [0.1, 0.15) is 12.0 Å². The molecule has 1 saturated heterocycles. The Kier molecular flexibility index (Phi) is 3.95. The highest BCUT2D eigenvalue weighted by atomic mass is 79.9. The van der Waals surface area contributed by atoms with Gasteiger partial charge in [-0.1, -0.05) is 28.1 Å². The van der Waals surface area contributed by atoms with Gasteiger partial charge in [0.05, 0.1) is 13.5 Å². The van der Waals surface area contributed by atoms with Crippen molar-refractivity contribution in [3.63, 3.8) is 0 Å². The molecule has 1 fully saturated rings. The number of benzene rings is 2. The number of halogens is 1. The Balaban J connectivity index is 2.08. The summed E-state index contributed by atoms with van der Waals surface area (Å²) in [6, 6.07) is 13.5. The van der Waals surface area contributed by atoms with E-state index in [-0.39, 0.29) is 6.42 Å². The highest BCUT2D eigenvalue weighted by Crippen LogP contribution is 2.39. The molecule has 0 spiro atoms. The minimum absolute atomic E-state index is 0.278. The number of nitrogens with zero attached hydrogens (tertiary/aromatic N) is 1. The molecule has 0 unspecified atom stereocenters. The maximum atomic E-state index is 12.3. The predicted molar refractivity (Wildman–Crippen MR) is 88.1 cm³/mol. The maximum Gasteiger partial charge on any atom is 0.297 e. The summed E-state index contributed by atoms with van der Waals surface area (Å²) in [6.07, 6.45) is -0.278. The van der Waals surface area contributed by atoms with E-state index in [4.69, 9.17) is 4.74 Å². The Labute approximate surface area is 141 Å². The van der Waals surface area contributed by atoms with Crippen molar-refractivity contribution in [1.29, 1.82) is 0 Å². The molecule has 23 heavy (non-hydrogen) atoms. The fraction of sp³-hybridized carbons (Fsp3) is 0.176. The molecule has 2 aromatic rings. The van der Waals surface area contributed by atoms with Gasteiger partial charge < -0.3 is 9.84 Å². The largest absolute Gasteiger partial charge is 0.497 e. The monoisotopic (exact) mass is 375 g/mol. The Hall–Kier alpha value is -2.18. The number of anilines is 1. The van der Waals surface area contributed by atoms with E-state index in [9.17, 15) is 14.7 Å². The quantitative estimate of drug-likeness (QED) is 0.837. The van der Waals surface area contributed by atoms with E-state index in [2.05, 4.69) is 15.9 Å². The summed E-state index contributed by atoms with van der Waals surface area (Å²) in [7, 11) is 1.54. The first kappa shape index (κ1) is 15.7. The van der Waals surface area contributed by atoms with Gasteiger partial charge in [-0.15, -0.1) is 0 Å². The van der Waals surface area contributed by atoms with Gasteiger partial charge in [0, 0.05) is 15.7 Å². The number of ether oxygens (including phenoxy) is 1. The molecule has 1 amide bonds. The molecule has 0 bridgehead atoms. The van der Waals surface area contributed by atoms with E-state index in [1.807, 2.05) is 0 Å². The van der Waals surface area contributed by atoms with Crippen molar-refractivity contribution in [2.24, 2.45) is 0 Å². The van der Waals surface area contributed by atoms with Crippen LogP contribution in [-0.2, 0) is 15.3 Å². The SMILES string of the molecule is COc1ccc(N2C(=O)C(=O)C[C@@]2(O)c2ccc(Br)cc2)cc1. The Bertz CT molecular complexity index is 757. The summed E-state index contributed by atoms with van der Waals surface area (Å²) in [5, 5.41) is 11.1. The molecule has 0 aromatic heterocycles. The van der Waals surface area contributed by atoms with Gasteiger partial charge in [-0.2, -0.15) is 0 Å². The molecule has 118 valence electrons. The van der Waals surface area contributed by atoms with Crippen LogP contribution in [0.2, 0.25) is 0 Å². The van der Waals surface area contributed by atoms with Crippen molar-refractivity contribution in [2.75, 3.05) is 12.0 Å². The van der Waals surface area contributed by atoms with E-state index in [0.29, 0.717) is 17.0 Å². The van der Waals surface area contributed by atoms with Crippen LogP contribution in [0, 0.1) is 0 Å². The first-order chi connectivity index (χ1) is 11.0. The second-order valence-electron chi connectivity index (χ2n) is 5.26. The van der Waals surface area contributed by atoms with E-state index in [1.165, 1.54) is 7.11 Å². The van der Waals surface area contributed by atoms with Crippen LogP contribution in [0.15, 0.2) is 53.0 Å². The van der Waals surface area contributed by atoms with Gasteiger partial charge in [-0.05, 0) is 36.4 Å². The van der Waals surface area contributed by atoms with Gasteiger partial charge in [0.25, 0.3) is 5.91 Å². The predicted octanol–water partition coefficient (Wildman–Crippen LogP) is 2.61. The van der Waals surface area contributed by atoms with E-state index in [1.54, 1.807) is 48.5 Å². The van der Waals surface area contributed by atoms with Crippen LogP contribution in [0.3, 0.4) is 0 Å². The zero-order valence-corrected chi connectivity index (χ0v) is 13.9. The molecular weight excluding hydrogens is 362 g/mol. The van der Waals surface area contributed by atoms with Crippen molar-refractivity contribution in [3.05, 3.63) is 58.6 Å². The first-order valence-electron chi connectivity index (χ1n) is 6.95. The number of aliphatic hydroxyl groups is 1. The molecule has 6 heteroatoms. The normalized spacial score (nSPS) is 20.9. The Morgan fingerprint density at radius 3 is 2.26 bits per heavy atom. The molecule has 0 aliphatic carbocycles. The third kappa shape index (κ3) is 2.64. The van der Waals surface area contributed by atoms with Crippen molar-refractivity contribution in [3.8, 4) is 5.75 Å². The summed E-state index contributed by atoms with van der Waals surface area (Å²) >= 11 is 3.33. The van der Waals surface area contributed by atoms with Gasteiger partial charge in [0.2, 0.25) is 5.78 Å². The molecule has 0 radical (unpaired) electrons. The van der Waals surface area contributed by atoms with Crippen LogP contribution in [0.5, 0.6) is 5.75 Å². The number of Topliss-reactive ketones (excluding diaryl/α,β-unsaturated/α-hetero) is 1. The average Bonchev–Trinajstić information content (AvgIpc) is 2.78. The number of ketones is 1. The molecule has 1 heterocycles. The number of hydrogen-bond donors (Lipinski definition) is 1. The summed E-state index contributed by atoms with van der Waals surface area (Å²) in [5.74, 6) is -0.717. The molecule has 2 aromatic carbocycles. The lowest BCUT2D eigenvalue weighted by atomic mass is 9.99. The molecule has 1 N–H and O–H groups in total. The smallest absolute Gasteiger partial charge is 0.297 e. The van der Waals surface area contributed by atoms with Gasteiger partial charge in [-0.3, -0.25) is 14.5 Å². The second kappa shape index (κ2) is 5.79. The maximum absolute atomic E-state index is 12.3. The summed E-state index contributed by atoms with van der Waals surface area (Å²) in [4.78, 5) is 25.4. The lowest BCUT2D eigenvalue weighted by Crippen LogP contribution is -2.43. The minimum atomic E-state index is -1.69. The highest BCUT2D eigenvalue weighted by molar-refractivity contribution is 9.10. The van der Waals surface area contributed by atoms with Crippen molar-refractivity contribution < 1.29 is 19.4 Å². The van der Waals surface area contributed by atoms with Crippen LogP contribution in [0.4, 0.5) is 5.69 Å². The molecular formula is C17H14BrNO4. The van der Waals surface area contributed by atoms with Gasteiger partial charge >= 0.3 is 0 Å². The summed E-state index contributed by atoms with van der Waals surface area (Å²) < 4.78 is 5.94. The zero-order chi connectivity index (χ0) is 16.6. The number of carbonyl (C=O) groups excluding carboxylic acids is 2. The number of carbonyl (C=O) groups is 2. The van der Waals surface area contributed by atoms with Crippen LogP contribution in [-0.4, -0.2) is 23.9 Å². The van der Waals surface area contributed by atoms with Crippen molar-refractivity contribution >= 4 is 33.3 Å². The van der Waals surface area contributed by atoms with E-state index >= 15 is 0 Å². The first-order valence-corrected chi connectivity index (χ1v) is 7.75. The third-order valence-corrected chi connectivity index (χ3v) is 4.38. The molecule has 1 atom stereocenters. The summed E-state index contributed by atoms with van der Waals surface area (Å²) in [6.45, 7) is 0. The van der Waals surface area contributed by atoms with Gasteiger partial charge in [-0.25, -0.2) is 0 Å². The number of hydrogen-bond acceptors (Lipinski definition) is 4. The van der Waals surface area contributed by atoms with Crippen molar-refractivity contribution in [2.45, 2.75) is 12.1 Å². The molecule has 0 saturated carbocycles. The van der Waals surface area contributed by atoms with Gasteiger partial charge in [0.15, 0.2) is 5.72 Å². The number of rotatable bonds is 3.